The molecule has 5 heteroatoms. The molecule has 0 fully saturated rings. The third-order valence-corrected chi connectivity index (χ3v) is 3.70. The molecule has 5 nitrogen and oxygen atoms in total. The molecule has 0 spiro atoms. The Hall–Kier alpha value is -1.78. The van der Waals surface area contributed by atoms with Gasteiger partial charge in [0, 0.05) is 26.1 Å². The Labute approximate surface area is 139 Å². The first-order valence-electron chi connectivity index (χ1n) is 8.48. The van der Waals surface area contributed by atoms with Crippen molar-refractivity contribution >= 4 is 11.8 Å². The van der Waals surface area contributed by atoms with Crippen LogP contribution in [-0.2, 0) is 4.79 Å². The van der Waals surface area contributed by atoms with Crippen molar-refractivity contribution in [1.29, 1.82) is 0 Å². The number of carbonyl (C=O) groups excluding carboxylic acids is 2. The molecule has 1 rings (SSSR count). The summed E-state index contributed by atoms with van der Waals surface area (Å²) in [5.74, 6) is 1.88. The summed E-state index contributed by atoms with van der Waals surface area (Å²) >= 11 is 0. The minimum atomic E-state index is -0.0591. The number of nitrogens with zero attached hydrogens (tertiary/aromatic N) is 1. The van der Waals surface area contributed by atoms with Crippen molar-refractivity contribution in [3.63, 3.8) is 0 Å². The van der Waals surface area contributed by atoms with Crippen LogP contribution in [0.4, 0.5) is 0 Å². The number of amides is 2. The lowest BCUT2D eigenvalue weighted by Gasteiger charge is -2.21. The average molecular weight is 322 g/mol. The molecule has 0 bridgehead atoms. The van der Waals surface area contributed by atoms with E-state index in [1.165, 1.54) is 0 Å². The zero-order chi connectivity index (χ0) is 17.4. The van der Waals surface area contributed by atoms with Crippen LogP contribution in [0.15, 0.2) is 10.5 Å². The maximum Gasteiger partial charge on any atom is 0.257 e. The fourth-order valence-electron chi connectivity index (χ4n) is 2.42. The molecule has 1 N–H and O–H groups in total. The van der Waals surface area contributed by atoms with Crippen LogP contribution in [0.1, 0.15) is 61.9 Å². The van der Waals surface area contributed by atoms with E-state index in [0.29, 0.717) is 43.3 Å². The first-order valence-corrected chi connectivity index (χ1v) is 8.48. The summed E-state index contributed by atoms with van der Waals surface area (Å²) in [4.78, 5) is 26.3. The Morgan fingerprint density at radius 3 is 2.48 bits per heavy atom. The number of nitrogens with one attached hydrogen (secondary N) is 1. The largest absolute Gasteiger partial charge is 0.466 e. The van der Waals surface area contributed by atoms with E-state index in [1.54, 1.807) is 17.9 Å². The summed E-state index contributed by atoms with van der Waals surface area (Å²) in [6.45, 7) is 11.7. The second-order valence-corrected chi connectivity index (χ2v) is 6.40. The smallest absolute Gasteiger partial charge is 0.257 e. The molecule has 1 heterocycles. The van der Waals surface area contributed by atoms with Crippen molar-refractivity contribution in [1.82, 2.24) is 10.2 Å². The van der Waals surface area contributed by atoms with Gasteiger partial charge in [-0.05, 0) is 38.7 Å². The van der Waals surface area contributed by atoms with Crippen molar-refractivity contribution in [2.75, 3.05) is 19.6 Å². The van der Waals surface area contributed by atoms with E-state index in [2.05, 4.69) is 19.2 Å². The van der Waals surface area contributed by atoms with Crippen molar-refractivity contribution < 1.29 is 14.0 Å². The molecule has 23 heavy (non-hydrogen) atoms. The van der Waals surface area contributed by atoms with E-state index in [0.717, 1.165) is 18.6 Å². The van der Waals surface area contributed by atoms with Crippen LogP contribution in [0.25, 0.3) is 0 Å². The van der Waals surface area contributed by atoms with Crippen LogP contribution in [0.5, 0.6) is 0 Å². The molecule has 0 saturated heterocycles. The van der Waals surface area contributed by atoms with Gasteiger partial charge in [-0.25, -0.2) is 0 Å². The minimum Gasteiger partial charge on any atom is -0.466 e. The van der Waals surface area contributed by atoms with E-state index >= 15 is 0 Å². The van der Waals surface area contributed by atoms with Gasteiger partial charge in [0.2, 0.25) is 5.91 Å². The molecule has 0 atom stereocenters. The predicted octanol–water partition coefficient (Wildman–Crippen LogP) is 3.30. The Balaban J connectivity index is 2.56. The highest BCUT2D eigenvalue weighted by molar-refractivity contribution is 5.95. The molecule has 1 aromatic heterocycles. The number of furan rings is 1. The lowest BCUT2D eigenvalue weighted by molar-refractivity contribution is -0.121. The van der Waals surface area contributed by atoms with Gasteiger partial charge in [0.15, 0.2) is 0 Å². The molecule has 0 aliphatic carbocycles. The summed E-state index contributed by atoms with van der Waals surface area (Å²) in [5.41, 5.74) is 0.594. The second-order valence-electron chi connectivity index (χ2n) is 6.40. The Kier molecular flexibility index (Phi) is 7.86. The molecule has 130 valence electrons. The Bertz CT molecular complexity index is 520. The molecule has 0 aromatic carbocycles. The summed E-state index contributed by atoms with van der Waals surface area (Å²) in [6.07, 6.45) is 2.16. The van der Waals surface area contributed by atoms with Gasteiger partial charge < -0.3 is 14.6 Å². The maximum absolute atomic E-state index is 12.6. The summed E-state index contributed by atoms with van der Waals surface area (Å²) in [6, 6.07) is 1.77. The molecule has 0 unspecified atom stereocenters. The van der Waals surface area contributed by atoms with Gasteiger partial charge in [0.05, 0.1) is 5.56 Å². The number of carbonyl (C=O) groups is 2. The Morgan fingerprint density at radius 1 is 1.26 bits per heavy atom. The number of hydrogen-bond donors (Lipinski definition) is 1. The standard InChI is InChI=1S/C18H30N2O3/c1-6-10-20(11-8-17(21)19-9-7-13(2)3)18(22)16-12-14(4)23-15(16)5/h12-13H,6-11H2,1-5H3,(H,19,21). The summed E-state index contributed by atoms with van der Waals surface area (Å²) < 4.78 is 5.44. The van der Waals surface area contributed by atoms with Crippen molar-refractivity contribution in [3.05, 3.63) is 23.2 Å². The van der Waals surface area contributed by atoms with Gasteiger partial charge in [0.25, 0.3) is 5.91 Å². The molecule has 0 aliphatic rings. The first-order chi connectivity index (χ1) is 10.8. The van der Waals surface area contributed by atoms with Crippen molar-refractivity contribution in [3.8, 4) is 0 Å². The van der Waals surface area contributed by atoms with Gasteiger partial charge in [-0.15, -0.1) is 0 Å². The lowest BCUT2D eigenvalue weighted by atomic mass is 10.1. The third kappa shape index (κ3) is 6.47. The molecular formula is C18H30N2O3. The predicted molar refractivity (Wildman–Crippen MR) is 91.5 cm³/mol. The van der Waals surface area contributed by atoms with Crippen LogP contribution in [0.3, 0.4) is 0 Å². The van der Waals surface area contributed by atoms with Crippen molar-refractivity contribution in [2.24, 2.45) is 5.92 Å². The van der Waals surface area contributed by atoms with E-state index in [-0.39, 0.29) is 11.8 Å². The van der Waals surface area contributed by atoms with Crippen LogP contribution < -0.4 is 5.32 Å². The van der Waals surface area contributed by atoms with E-state index in [4.69, 9.17) is 4.42 Å². The minimum absolute atomic E-state index is 0.000325. The van der Waals surface area contributed by atoms with Crippen LogP contribution in [0.2, 0.25) is 0 Å². The molecule has 1 aromatic rings. The average Bonchev–Trinajstić information content (AvgIpc) is 2.81. The fourth-order valence-corrected chi connectivity index (χ4v) is 2.42. The molecule has 0 aliphatic heterocycles. The fraction of sp³-hybridized carbons (Fsp3) is 0.667. The zero-order valence-electron chi connectivity index (χ0n) is 15.1. The highest BCUT2D eigenvalue weighted by Crippen LogP contribution is 2.16. The summed E-state index contributed by atoms with van der Waals surface area (Å²) in [7, 11) is 0. The van der Waals surface area contributed by atoms with Gasteiger partial charge >= 0.3 is 0 Å². The molecule has 0 radical (unpaired) electrons. The van der Waals surface area contributed by atoms with Crippen LogP contribution in [0, 0.1) is 19.8 Å². The number of hydrogen-bond acceptors (Lipinski definition) is 3. The Morgan fingerprint density at radius 2 is 1.96 bits per heavy atom. The van der Waals surface area contributed by atoms with E-state index in [9.17, 15) is 9.59 Å². The van der Waals surface area contributed by atoms with E-state index < -0.39 is 0 Å². The molecule has 2 amide bonds. The topological polar surface area (TPSA) is 62.6 Å². The second kappa shape index (κ2) is 9.38. The van der Waals surface area contributed by atoms with Gasteiger partial charge in [-0.2, -0.15) is 0 Å². The van der Waals surface area contributed by atoms with Crippen molar-refractivity contribution in [2.45, 2.75) is 53.9 Å². The lowest BCUT2D eigenvalue weighted by Crippen LogP contribution is -2.36. The van der Waals surface area contributed by atoms with Gasteiger partial charge in [-0.3, -0.25) is 9.59 Å². The first kappa shape index (κ1) is 19.3. The van der Waals surface area contributed by atoms with E-state index in [1.807, 2.05) is 13.8 Å². The highest BCUT2D eigenvalue weighted by atomic mass is 16.3. The maximum atomic E-state index is 12.6. The highest BCUT2D eigenvalue weighted by Gasteiger charge is 2.20. The SMILES string of the molecule is CCCN(CCC(=O)NCCC(C)C)C(=O)c1cc(C)oc1C. The summed E-state index contributed by atoms with van der Waals surface area (Å²) in [5, 5.41) is 2.91. The molecule has 0 saturated carbocycles. The third-order valence-electron chi connectivity index (χ3n) is 3.70. The number of aryl methyl sites for hydroxylation is 2. The monoisotopic (exact) mass is 322 g/mol. The van der Waals surface area contributed by atoms with Gasteiger partial charge in [-0.1, -0.05) is 20.8 Å². The normalized spacial score (nSPS) is 10.9. The van der Waals surface area contributed by atoms with Crippen LogP contribution in [-0.4, -0.2) is 36.3 Å². The molecular weight excluding hydrogens is 292 g/mol. The van der Waals surface area contributed by atoms with Gasteiger partial charge in [0.1, 0.15) is 11.5 Å². The number of rotatable bonds is 9. The van der Waals surface area contributed by atoms with Crippen LogP contribution >= 0.6 is 0 Å². The zero-order valence-corrected chi connectivity index (χ0v) is 15.1. The quantitative estimate of drug-likeness (QED) is 0.759.